The highest BCUT2D eigenvalue weighted by atomic mass is 16.3. The van der Waals surface area contributed by atoms with Crippen LogP contribution in [0, 0.1) is 6.92 Å². The Morgan fingerprint density at radius 3 is 2.45 bits per heavy atom. The summed E-state index contributed by atoms with van der Waals surface area (Å²) in [5.41, 5.74) is 5.01. The van der Waals surface area contributed by atoms with Gasteiger partial charge in [0.1, 0.15) is 11.5 Å². The highest BCUT2D eigenvalue weighted by Crippen LogP contribution is 2.26. The Labute approximate surface area is 185 Å². The number of amides is 1. The molecule has 0 bridgehead atoms. The number of hydrogen-bond donors (Lipinski definition) is 1. The number of hydrogen-bond acceptors (Lipinski definition) is 3. The van der Waals surface area contributed by atoms with Crippen LogP contribution in [-0.2, 0) is 12.0 Å². The van der Waals surface area contributed by atoms with Gasteiger partial charge in [-0.1, -0.05) is 51.5 Å². The molecule has 1 aliphatic rings. The number of aryl methyl sites for hydroxylation is 1. The van der Waals surface area contributed by atoms with Gasteiger partial charge in [-0.15, -0.1) is 0 Å². The van der Waals surface area contributed by atoms with Crippen LogP contribution >= 0.6 is 0 Å². The first kappa shape index (κ1) is 21.7. The minimum absolute atomic E-state index is 0.0348. The van der Waals surface area contributed by atoms with Crippen molar-refractivity contribution in [1.29, 1.82) is 0 Å². The molecule has 0 atom stereocenters. The number of fused-ring (bicyclic) bond motifs is 1. The first-order valence-electron chi connectivity index (χ1n) is 11.5. The fourth-order valence-electron chi connectivity index (χ4n) is 4.42. The Morgan fingerprint density at radius 1 is 1.06 bits per heavy atom. The molecule has 4 rings (SSSR count). The van der Waals surface area contributed by atoms with E-state index in [9.17, 15) is 4.79 Å². The van der Waals surface area contributed by atoms with E-state index >= 15 is 0 Å². The maximum atomic E-state index is 13.0. The smallest absolute Gasteiger partial charge is 0.268 e. The van der Waals surface area contributed by atoms with E-state index in [1.165, 1.54) is 30.4 Å². The van der Waals surface area contributed by atoms with Crippen molar-refractivity contribution >= 4 is 17.0 Å². The Morgan fingerprint density at radius 2 is 1.77 bits per heavy atom. The van der Waals surface area contributed by atoms with Crippen LogP contribution in [0.1, 0.15) is 67.4 Å². The minimum Gasteiger partial charge on any atom is -0.460 e. The van der Waals surface area contributed by atoms with Crippen molar-refractivity contribution < 1.29 is 9.21 Å². The Balaban J connectivity index is 1.51. The average molecular weight is 422 g/mol. The van der Waals surface area contributed by atoms with Crippen molar-refractivity contribution in [2.75, 3.05) is 26.2 Å². The van der Waals surface area contributed by atoms with E-state index < -0.39 is 0 Å². The number of benzene rings is 1. The van der Waals surface area contributed by atoms with Crippen LogP contribution in [0.2, 0.25) is 0 Å². The van der Waals surface area contributed by atoms with Gasteiger partial charge in [0.15, 0.2) is 5.58 Å². The molecule has 0 spiro atoms. The quantitative estimate of drug-likeness (QED) is 0.602. The van der Waals surface area contributed by atoms with Gasteiger partial charge in [0, 0.05) is 31.8 Å². The fourth-order valence-corrected chi connectivity index (χ4v) is 4.42. The molecule has 31 heavy (non-hydrogen) atoms. The van der Waals surface area contributed by atoms with Crippen LogP contribution < -0.4 is 5.32 Å². The number of piperidine rings is 1. The summed E-state index contributed by atoms with van der Waals surface area (Å²) in [6, 6.07) is 12.6. The van der Waals surface area contributed by atoms with Gasteiger partial charge in [0.05, 0.1) is 5.52 Å². The number of nitrogens with zero attached hydrogens (tertiary/aromatic N) is 2. The zero-order chi connectivity index (χ0) is 22.0. The summed E-state index contributed by atoms with van der Waals surface area (Å²) in [6.07, 6.45) is 3.85. The normalized spacial score (nSPS) is 15.5. The van der Waals surface area contributed by atoms with E-state index in [0.29, 0.717) is 18.8 Å². The molecule has 0 saturated carbocycles. The topological polar surface area (TPSA) is 50.4 Å². The molecule has 0 unspecified atom stereocenters. The third kappa shape index (κ3) is 5.04. The minimum atomic E-state index is -0.0348. The van der Waals surface area contributed by atoms with Crippen LogP contribution in [0.15, 0.2) is 40.8 Å². The van der Waals surface area contributed by atoms with E-state index in [4.69, 9.17) is 4.42 Å². The second kappa shape index (κ2) is 8.91. The molecule has 5 nitrogen and oxygen atoms in total. The highest BCUT2D eigenvalue weighted by molar-refractivity contribution is 5.97. The van der Waals surface area contributed by atoms with Crippen molar-refractivity contribution in [3.05, 3.63) is 59.0 Å². The molecule has 1 fully saturated rings. The number of furan rings is 1. The van der Waals surface area contributed by atoms with E-state index in [1.54, 1.807) is 0 Å². The van der Waals surface area contributed by atoms with Crippen molar-refractivity contribution in [3.63, 3.8) is 0 Å². The van der Waals surface area contributed by atoms with Gasteiger partial charge in [-0.25, -0.2) is 0 Å². The first-order chi connectivity index (χ1) is 14.8. The SMILES string of the molecule is Cc1cc2c(cc(C(=O)NCCN3CCCCC3)n2Cc2ccc(C(C)(C)C)cc2)o1. The van der Waals surface area contributed by atoms with Crippen LogP contribution in [0.25, 0.3) is 11.1 Å². The van der Waals surface area contributed by atoms with Gasteiger partial charge in [-0.2, -0.15) is 0 Å². The molecule has 1 saturated heterocycles. The zero-order valence-electron chi connectivity index (χ0n) is 19.3. The monoisotopic (exact) mass is 421 g/mol. The van der Waals surface area contributed by atoms with Gasteiger partial charge < -0.3 is 19.2 Å². The van der Waals surface area contributed by atoms with E-state index in [2.05, 4.69) is 59.8 Å². The number of likely N-dealkylation sites (tertiary alicyclic amines) is 1. The molecule has 1 aromatic carbocycles. The largest absolute Gasteiger partial charge is 0.460 e. The second-order valence-electron chi connectivity index (χ2n) is 9.83. The highest BCUT2D eigenvalue weighted by Gasteiger charge is 2.20. The number of carbonyl (C=O) groups is 1. The molecular weight excluding hydrogens is 386 g/mol. The van der Waals surface area contributed by atoms with Crippen molar-refractivity contribution in [1.82, 2.24) is 14.8 Å². The van der Waals surface area contributed by atoms with E-state index in [-0.39, 0.29) is 11.3 Å². The van der Waals surface area contributed by atoms with Crippen LogP contribution in [0.5, 0.6) is 0 Å². The summed E-state index contributed by atoms with van der Waals surface area (Å²) in [5, 5.41) is 3.12. The summed E-state index contributed by atoms with van der Waals surface area (Å²) in [5.74, 6) is 0.825. The molecule has 0 radical (unpaired) electrons. The maximum Gasteiger partial charge on any atom is 0.268 e. The molecule has 3 aromatic rings. The van der Waals surface area contributed by atoms with Crippen molar-refractivity contribution in [2.45, 2.75) is 58.9 Å². The predicted octanol–water partition coefficient (Wildman–Crippen LogP) is 5.10. The van der Waals surface area contributed by atoms with Gasteiger partial charge in [0.2, 0.25) is 0 Å². The van der Waals surface area contributed by atoms with Crippen LogP contribution in [-0.4, -0.2) is 41.6 Å². The number of rotatable bonds is 6. The van der Waals surface area contributed by atoms with Crippen molar-refractivity contribution in [3.8, 4) is 0 Å². The number of carbonyl (C=O) groups excluding carboxylic acids is 1. The van der Waals surface area contributed by atoms with Gasteiger partial charge in [0.25, 0.3) is 5.91 Å². The molecule has 3 heterocycles. The number of aromatic nitrogens is 1. The first-order valence-corrected chi connectivity index (χ1v) is 11.5. The molecule has 2 aromatic heterocycles. The Kier molecular flexibility index (Phi) is 6.24. The fraction of sp³-hybridized carbons (Fsp3) is 0.500. The lowest BCUT2D eigenvalue weighted by atomic mass is 9.87. The summed E-state index contributed by atoms with van der Waals surface area (Å²) < 4.78 is 7.91. The Hall–Kier alpha value is -2.53. The molecule has 0 aliphatic carbocycles. The summed E-state index contributed by atoms with van der Waals surface area (Å²) in [7, 11) is 0. The van der Waals surface area contributed by atoms with Crippen molar-refractivity contribution in [2.24, 2.45) is 0 Å². The maximum absolute atomic E-state index is 13.0. The summed E-state index contributed by atoms with van der Waals surface area (Å²) >= 11 is 0. The third-order valence-electron chi connectivity index (χ3n) is 6.27. The lowest BCUT2D eigenvalue weighted by Gasteiger charge is -2.26. The predicted molar refractivity (Wildman–Crippen MR) is 126 cm³/mol. The second-order valence-corrected chi connectivity index (χ2v) is 9.83. The van der Waals surface area contributed by atoms with Crippen LogP contribution in [0.3, 0.4) is 0 Å². The van der Waals surface area contributed by atoms with Gasteiger partial charge in [-0.05, 0) is 49.4 Å². The molecule has 1 aliphatic heterocycles. The lowest BCUT2D eigenvalue weighted by molar-refractivity contribution is 0.0938. The van der Waals surface area contributed by atoms with E-state index in [0.717, 1.165) is 36.5 Å². The summed E-state index contributed by atoms with van der Waals surface area (Å²) in [6.45, 7) is 13.1. The Bertz CT molecular complexity index is 1030. The lowest BCUT2D eigenvalue weighted by Crippen LogP contribution is -2.38. The molecule has 166 valence electrons. The summed E-state index contributed by atoms with van der Waals surface area (Å²) in [4.78, 5) is 15.5. The van der Waals surface area contributed by atoms with Gasteiger partial charge in [-0.3, -0.25) is 4.79 Å². The molecule has 1 amide bonds. The average Bonchev–Trinajstić information content (AvgIpc) is 3.25. The van der Waals surface area contributed by atoms with Gasteiger partial charge >= 0.3 is 0 Å². The molecule has 5 heteroatoms. The zero-order valence-corrected chi connectivity index (χ0v) is 19.3. The molecular formula is C26H35N3O2. The van der Waals surface area contributed by atoms with Crippen LogP contribution in [0.4, 0.5) is 0 Å². The number of nitrogens with one attached hydrogen (secondary N) is 1. The standard InChI is InChI=1S/C26H35N3O2/c1-19-16-22-24(31-19)17-23(25(30)27-12-15-28-13-6-5-7-14-28)29(22)18-20-8-10-21(11-9-20)26(2,3)4/h8-11,16-17H,5-7,12-15,18H2,1-4H3,(H,27,30). The third-order valence-corrected chi connectivity index (χ3v) is 6.27. The molecule has 1 N–H and O–H groups in total. The van der Waals surface area contributed by atoms with E-state index in [1.807, 2.05) is 19.1 Å².